The van der Waals surface area contributed by atoms with Gasteiger partial charge in [-0.3, -0.25) is 4.79 Å². The lowest BCUT2D eigenvalue weighted by molar-refractivity contribution is -0.120. The molecule has 20 heavy (non-hydrogen) atoms. The summed E-state index contributed by atoms with van der Waals surface area (Å²) in [7, 11) is -4.06. The smallest absolute Gasteiger partial charge is 0.335 e. The molecule has 0 saturated heterocycles. The van der Waals surface area contributed by atoms with Gasteiger partial charge in [0.05, 0.1) is 11.3 Å². The van der Waals surface area contributed by atoms with E-state index >= 15 is 0 Å². The van der Waals surface area contributed by atoms with Gasteiger partial charge in [-0.2, -0.15) is 0 Å². The van der Waals surface area contributed by atoms with Crippen molar-refractivity contribution in [3.05, 3.63) is 29.6 Å². The van der Waals surface area contributed by atoms with Crippen LogP contribution in [-0.4, -0.2) is 37.7 Å². The van der Waals surface area contributed by atoms with Crippen molar-refractivity contribution in [3.63, 3.8) is 0 Å². The van der Waals surface area contributed by atoms with Crippen LogP contribution in [0, 0.1) is 5.82 Å². The summed E-state index contributed by atoms with van der Waals surface area (Å²) in [5.74, 6) is -3.44. The number of carbonyl (C=O) groups excluding carboxylic acids is 1. The van der Waals surface area contributed by atoms with Crippen molar-refractivity contribution >= 4 is 21.7 Å². The molecule has 1 aromatic rings. The minimum Gasteiger partial charge on any atom is -0.478 e. The molecule has 0 aliphatic rings. The van der Waals surface area contributed by atoms with E-state index in [1.807, 2.05) is 0 Å². The molecule has 0 unspecified atom stereocenters. The van der Waals surface area contributed by atoms with Crippen LogP contribution in [0.1, 0.15) is 23.7 Å². The highest BCUT2D eigenvalue weighted by molar-refractivity contribution is 7.91. The van der Waals surface area contributed by atoms with E-state index in [1.54, 1.807) is 6.92 Å². The number of amides is 1. The van der Waals surface area contributed by atoms with Gasteiger partial charge in [0.25, 0.3) is 0 Å². The van der Waals surface area contributed by atoms with E-state index in [0.29, 0.717) is 6.54 Å². The van der Waals surface area contributed by atoms with Crippen LogP contribution in [0.2, 0.25) is 0 Å². The van der Waals surface area contributed by atoms with Gasteiger partial charge >= 0.3 is 5.97 Å². The highest BCUT2D eigenvalue weighted by Crippen LogP contribution is 2.18. The van der Waals surface area contributed by atoms with E-state index in [1.165, 1.54) is 0 Å². The van der Waals surface area contributed by atoms with E-state index in [9.17, 15) is 22.4 Å². The lowest BCUT2D eigenvalue weighted by Gasteiger charge is -2.07. The first-order valence-corrected chi connectivity index (χ1v) is 7.45. The van der Waals surface area contributed by atoms with Gasteiger partial charge in [-0.15, -0.1) is 0 Å². The molecule has 1 amide bonds. The third-order valence-corrected chi connectivity index (χ3v) is 4.21. The fourth-order valence-corrected chi connectivity index (χ4v) is 2.84. The van der Waals surface area contributed by atoms with E-state index in [0.717, 1.165) is 18.2 Å². The Hall–Kier alpha value is -1.96. The summed E-state index contributed by atoms with van der Waals surface area (Å²) in [5, 5.41) is 11.2. The quantitative estimate of drug-likeness (QED) is 0.810. The van der Waals surface area contributed by atoms with Gasteiger partial charge in [-0.05, 0) is 25.1 Å². The molecule has 0 fully saturated rings. The third kappa shape index (κ3) is 4.02. The number of carboxylic acids is 1. The van der Waals surface area contributed by atoms with E-state index in [-0.39, 0.29) is 12.0 Å². The summed E-state index contributed by atoms with van der Waals surface area (Å²) >= 11 is 0. The number of carboxylic acid groups (broad SMARTS) is 1. The number of rotatable bonds is 6. The molecule has 0 atom stereocenters. The van der Waals surface area contributed by atoms with Crippen molar-refractivity contribution < 1.29 is 27.5 Å². The molecule has 0 heterocycles. The zero-order valence-corrected chi connectivity index (χ0v) is 11.5. The summed E-state index contributed by atoms with van der Waals surface area (Å²) in [4.78, 5) is 21.3. The van der Waals surface area contributed by atoms with Crippen LogP contribution in [0.3, 0.4) is 0 Å². The van der Waals surface area contributed by atoms with Crippen molar-refractivity contribution in [2.75, 3.05) is 12.3 Å². The molecule has 6 nitrogen and oxygen atoms in total. The molecule has 1 rings (SSSR count). The SMILES string of the molecule is CCNC(=O)CCS(=O)(=O)c1cc(C(=O)O)ccc1F. The predicted octanol–water partition coefficient (Wildman–Crippen LogP) is 0.824. The first kappa shape index (κ1) is 16.1. The van der Waals surface area contributed by atoms with Crippen molar-refractivity contribution in [2.45, 2.75) is 18.2 Å². The molecule has 0 radical (unpaired) electrons. The zero-order chi connectivity index (χ0) is 15.3. The molecule has 110 valence electrons. The molecule has 0 aliphatic carbocycles. The maximum Gasteiger partial charge on any atom is 0.335 e. The van der Waals surface area contributed by atoms with Crippen LogP contribution in [-0.2, 0) is 14.6 Å². The van der Waals surface area contributed by atoms with Gasteiger partial charge in [-0.1, -0.05) is 0 Å². The van der Waals surface area contributed by atoms with Crippen LogP contribution in [0.5, 0.6) is 0 Å². The topological polar surface area (TPSA) is 101 Å². The lowest BCUT2D eigenvalue weighted by atomic mass is 10.2. The summed E-state index contributed by atoms with van der Waals surface area (Å²) in [6, 6.07) is 2.51. The Morgan fingerprint density at radius 3 is 2.55 bits per heavy atom. The van der Waals surface area contributed by atoms with Crippen LogP contribution in [0.4, 0.5) is 4.39 Å². The van der Waals surface area contributed by atoms with Gasteiger partial charge in [0.1, 0.15) is 10.7 Å². The molecule has 0 spiro atoms. The number of nitrogens with one attached hydrogen (secondary N) is 1. The second-order valence-electron chi connectivity index (χ2n) is 3.97. The highest BCUT2D eigenvalue weighted by Gasteiger charge is 2.22. The number of hydrogen-bond donors (Lipinski definition) is 2. The Morgan fingerprint density at radius 2 is 2.00 bits per heavy atom. The van der Waals surface area contributed by atoms with Crippen molar-refractivity contribution in [1.29, 1.82) is 0 Å². The average molecular weight is 303 g/mol. The number of hydrogen-bond acceptors (Lipinski definition) is 4. The predicted molar refractivity (Wildman–Crippen MR) is 68.7 cm³/mol. The number of aromatic carboxylic acids is 1. The number of sulfone groups is 1. The monoisotopic (exact) mass is 303 g/mol. The summed E-state index contributed by atoms with van der Waals surface area (Å²) < 4.78 is 37.4. The fraction of sp³-hybridized carbons (Fsp3) is 0.333. The first-order valence-electron chi connectivity index (χ1n) is 5.80. The van der Waals surface area contributed by atoms with Crippen molar-refractivity contribution in [3.8, 4) is 0 Å². The normalized spacial score (nSPS) is 11.1. The largest absolute Gasteiger partial charge is 0.478 e. The standard InChI is InChI=1S/C12H14FNO5S/c1-2-14-11(15)5-6-20(18,19)10-7-8(12(16)17)3-4-9(10)13/h3-4,7H,2,5-6H2,1H3,(H,14,15)(H,16,17). The molecule has 0 aliphatic heterocycles. The molecule has 8 heteroatoms. The van der Waals surface area contributed by atoms with E-state index < -0.39 is 38.2 Å². The molecular formula is C12H14FNO5S. The van der Waals surface area contributed by atoms with E-state index in [4.69, 9.17) is 5.11 Å². The number of carbonyl (C=O) groups is 2. The average Bonchev–Trinajstić information content (AvgIpc) is 2.37. The second kappa shape index (κ2) is 6.47. The third-order valence-electron chi connectivity index (χ3n) is 2.49. The molecular weight excluding hydrogens is 289 g/mol. The van der Waals surface area contributed by atoms with Crippen molar-refractivity contribution in [1.82, 2.24) is 5.32 Å². The Morgan fingerprint density at radius 1 is 1.35 bits per heavy atom. The second-order valence-corrected chi connectivity index (χ2v) is 6.05. The lowest BCUT2D eigenvalue weighted by Crippen LogP contribution is -2.25. The molecule has 0 bridgehead atoms. The molecule has 0 aromatic heterocycles. The summed E-state index contributed by atoms with van der Waals surface area (Å²) in [5.41, 5.74) is -0.331. The van der Waals surface area contributed by atoms with Crippen LogP contribution < -0.4 is 5.32 Å². The van der Waals surface area contributed by atoms with Crippen LogP contribution >= 0.6 is 0 Å². The first-order chi connectivity index (χ1) is 9.27. The van der Waals surface area contributed by atoms with Crippen LogP contribution in [0.15, 0.2) is 23.1 Å². The fourth-order valence-electron chi connectivity index (χ4n) is 1.50. The summed E-state index contributed by atoms with van der Waals surface area (Å²) in [6.45, 7) is 2.05. The minimum atomic E-state index is -4.06. The number of benzene rings is 1. The molecule has 1 aromatic carbocycles. The van der Waals surface area contributed by atoms with Gasteiger partial charge in [0.2, 0.25) is 5.91 Å². The summed E-state index contributed by atoms with van der Waals surface area (Å²) in [6.07, 6.45) is -0.313. The van der Waals surface area contributed by atoms with E-state index in [2.05, 4.69) is 5.32 Å². The zero-order valence-electron chi connectivity index (χ0n) is 10.7. The maximum atomic E-state index is 13.5. The van der Waals surface area contributed by atoms with Crippen LogP contribution in [0.25, 0.3) is 0 Å². The Balaban J connectivity index is 3.00. The minimum absolute atomic E-state index is 0.313. The molecule has 0 saturated carbocycles. The Labute approximate surface area is 115 Å². The van der Waals surface area contributed by atoms with Gasteiger partial charge in [0, 0.05) is 13.0 Å². The molecule has 2 N–H and O–H groups in total. The van der Waals surface area contributed by atoms with Crippen molar-refractivity contribution in [2.24, 2.45) is 0 Å². The number of halogens is 1. The Kier molecular flexibility index (Phi) is 5.20. The van der Waals surface area contributed by atoms with Gasteiger partial charge in [-0.25, -0.2) is 17.6 Å². The highest BCUT2D eigenvalue weighted by atomic mass is 32.2. The van der Waals surface area contributed by atoms with Gasteiger partial charge < -0.3 is 10.4 Å². The van der Waals surface area contributed by atoms with Gasteiger partial charge in [0.15, 0.2) is 9.84 Å². The maximum absolute atomic E-state index is 13.5. The Bertz CT molecular complexity index is 627.